The van der Waals surface area contributed by atoms with E-state index in [9.17, 15) is 14.7 Å². The summed E-state index contributed by atoms with van der Waals surface area (Å²) >= 11 is 0. The molecule has 7 nitrogen and oxygen atoms in total. The van der Waals surface area contributed by atoms with E-state index in [1.54, 1.807) is 31.4 Å². The van der Waals surface area contributed by atoms with Gasteiger partial charge in [0.2, 0.25) is 5.91 Å². The highest BCUT2D eigenvalue weighted by Crippen LogP contribution is 2.55. The van der Waals surface area contributed by atoms with E-state index in [4.69, 9.17) is 10.00 Å². The lowest BCUT2D eigenvalue weighted by atomic mass is 9.51. The number of rotatable bonds is 7. The molecule has 0 aliphatic heterocycles. The van der Waals surface area contributed by atoms with Crippen LogP contribution in [0.1, 0.15) is 62.4 Å². The van der Waals surface area contributed by atoms with E-state index >= 15 is 0 Å². The van der Waals surface area contributed by atoms with Crippen LogP contribution in [0.4, 0.5) is 0 Å². The van der Waals surface area contributed by atoms with E-state index in [1.165, 1.54) is 0 Å². The van der Waals surface area contributed by atoms with Crippen molar-refractivity contribution in [1.29, 1.82) is 5.26 Å². The van der Waals surface area contributed by atoms with E-state index in [0.29, 0.717) is 24.3 Å². The van der Waals surface area contributed by atoms with Gasteiger partial charge in [0.1, 0.15) is 0 Å². The molecule has 0 saturated heterocycles. The van der Waals surface area contributed by atoms with Crippen molar-refractivity contribution in [1.82, 2.24) is 10.6 Å². The van der Waals surface area contributed by atoms with Gasteiger partial charge in [-0.3, -0.25) is 9.59 Å². The first-order valence-corrected chi connectivity index (χ1v) is 12.0. The number of amides is 2. The van der Waals surface area contributed by atoms with Gasteiger partial charge >= 0.3 is 0 Å². The van der Waals surface area contributed by atoms with Crippen LogP contribution in [-0.4, -0.2) is 49.3 Å². The third-order valence-electron chi connectivity index (χ3n) is 8.14. The summed E-state index contributed by atoms with van der Waals surface area (Å²) < 4.78 is 5.01. The zero-order valence-corrected chi connectivity index (χ0v) is 20.1. The molecule has 0 radical (unpaired) electrons. The van der Waals surface area contributed by atoms with Crippen molar-refractivity contribution < 1.29 is 19.4 Å². The maximum absolute atomic E-state index is 12.8. The number of fused-ring (bicyclic) bond motifs is 1. The van der Waals surface area contributed by atoms with Gasteiger partial charge in [-0.15, -0.1) is 0 Å². The normalized spacial score (nSPS) is 32.2. The van der Waals surface area contributed by atoms with E-state index in [1.807, 2.05) is 6.92 Å². The third kappa shape index (κ3) is 5.39. The summed E-state index contributed by atoms with van der Waals surface area (Å²) in [5.74, 6) is -0.525. The molecule has 33 heavy (non-hydrogen) atoms. The lowest BCUT2D eigenvalue weighted by Gasteiger charge is -2.56. The van der Waals surface area contributed by atoms with Crippen LogP contribution in [-0.2, 0) is 9.53 Å². The Labute approximate surface area is 196 Å². The number of hydrogen-bond acceptors (Lipinski definition) is 5. The number of nitrogens with one attached hydrogen (secondary N) is 2. The predicted octanol–water partition coefficient (Wildman–Crippen LogP) is 2.88. The fraction of sp³-hybridized carbons (Fsp3) is 0.654. The average molecular weight is 456 g/mol. The third-order valence-corrected chi connectivity index (χ3v) is 8.14. The highest BCUT2D eigenvalue weighted by molar-refractivity contribution is 5.94. The van der Waals surface area contributed by atoms with Crippen molar-refractivity contribution in [3.63, 3.8) is 0 Å². The zero-order valence-electron chi connectivity index (χ0n) is 20.1. The van der Waals surface area contributed by atoms with Crippen LogP contribution in [0.3, 0.4) is 0 Å². The van der Waals surface area contributed by atoms with Gasteiger partial charge < -0.3 is 20.5 Å². The molecule has 0 aromatic heterocycles. The molecule has 1 aromatic rings. The van der Waals surface area contributed by atoms with Gasteiger partial charge in [-0.1, -0.05) is 20.8 Å². The molecule has 3 rings (SSSR count). The molecule has 2 fully saturated rings. The molecule has 7 heteroatoms. The number of aliphatic hydroxyl groups is 1. The molecule has 2 aliphatic carbocycles. The fourth-order valence-electron chi connectivity index (χ4n) is 6.08. The van der Waals surface area contributed by atoms with Crippen LogP contribution in [0, 0.1) is 40.4 Å². The average Bonchev–Trinajstić information content (AvgIpc) is 2.80. The summed E-state index contributed by atoms with van der Waals surface area (Å²) in [6.07, 6.45) is 2.98. The first kappa shape index (κ1) is 25.2. The van der Waals surface area contributed by atoms with E-state index in [-0.39, 0.29) is 46.9 Å². The van der Waals surface area contributed by atoms with Gasteiger partial charge in [0.05, 0.1) is 24.3 Å². The number of nitrogens with zero attached hydrogens (tertiary/aromatic N) is 1. The minimum atomic E-state index is -0.600. The number of benzene rings is 1. The Hall–Kier alpha value is -2.43. The summed E-state index contributed by atoms with van der Waals surface area (Å²) in [4.78, 5) is 25.5. The second kappa shape index (κ2) is 10.7. The quantitative estimate of drug-likeness (QED) is 0.548. The van der Waals surface area contributed by atoms with E-state index < -0.39 is 6.10 Å². The zero-order chi connectivity index (χ0) is 24.2. The maximum Gasteiger partial charge on any atom is 0.251 e. The molecule has 1 aromatic carbocycles. The summed E-state index contributed by atoms with van der Waals surface area (Å²) in [5, 5.41) is 26.5. The van der Waals surface area contributed by atoms with Crippen LogP contribution in [0.2, 0.25) is 0 Å². The van der Waals surface area contributed by atoms with Crippen molar-refractivity contribution in [3.8, 4) is 6.07 Å². The molecule has 2 aliphatic rings. The molecular weight excluding hydrogens is 418 g/mol. The predicted molar refractivity (Wildman–Crippen MR) is 125 cm³/mol. The van der Waals surface area contributed by atoms with Crippen molar-refractivity contribution >= 4 is 11.8 Å². The Morgan fingerprint density at radius 3 is 2.58 bits per heavy atom. The molecule has 0 unspecified atom stereocenters. The SMILES string of the molecule is COCCNC(=O)[C@@H](C)[C@H]1CC[C@@]2(C)CC[C@H](NC(=O)c3ccc(C#N)cc3)[C@@H](C)[C@@H]2[C@H]1O. The Kier molecular flexibility index (Phi) is 8.14. The number of methoxy groups -OCH3 is 1. The molecule has 180 valence electrons. The van der Waals surface area contributed by atoms with Crippen LogP contribution in [0.25, 0.3) is 0 Å². The fourth-order valence-corrected chi connectivity index (χ4v) is 6.08. The molecular formula is C26H37N3O4. The van der Waals surface area contributed by atoms with Gasteiger partial charge in [0, 0.05) is 31.2 Å². The first-order chi connectivity index (χ1) is 15.7. The second-order valence-corrected chi connectivity index (χ2v) is 10.1. The van der Waals surface area contributed by atoms with Gasteiger partial charge in [-0.2, -0.15) is 5.26 Å². The van der Waals surface area contributed by atoms with Crippen LogP contribution in [0.5, 0.6) is 0 Å². The molecule has 2 saturated carbocycles. The van der Waals surface area contributed by atoms with Crippen molar-refractivity contribution in [2.75, 3.05) is 20.3 Å². The van der Waals surface area contributed by atoms with E-state index in [0.717, 1.165) is 25.7 Å². The Balaban J connectivity index is 1.69. The minimum absolute atomic E-state index is 0.00273. The van der Waals surface area contributed by atoms with Crippen LogP contribution >= 0.6 is 0 Å². The second-order valence-electron chi connectivity index (χ2n) is 10.1. The van der Waals surface area contributed by atoms with Crippen molar-refractivity contribution in [2.45, 2.75) is 58.6 Å². The minimum Gasteiger partial charge on any atom is -0.392 e. The molecule has 2 amide bonds. The lowest BCUT2D eigenvalue weighted by Crippen LogP contribution is -2.58. The van der Waals surface area contributed by atoms with Gasteiger partial charge in [0.15, 0.2) is 0 Å². The summed E-state index contributed by atoms with van der Waals surface area (Å²) in [6, 6.07) is 8.63. The maximum atomic E-state index is 12.8. The Bertz CT molecular complexity index is 881. The highest BCUT2D eigenvalue weighted by Gasteiger charge is 2.53. The number of hydrogen-bond donors (Lipinski definition) is 3. The first-order valence-electron chi connectivity index (χ1n) is 12.0. The molecule has 0 spiro atoms. The summed E-state index contributed by atoms with van der Waals surface area (Å²) in [7, 11) is 1.60. The number of carbonyl (C=O) groups is 2. The van der Waals surface area contributed by atoms with Crippen LogP contribution in [0.15, 0.2) is 24.3 Å². The highest BCUT2D eigenvalue weighted by atomic mass is 16.5. The molecule has 0 heterocycles. The number of ether oxygens (including phenoxy) is 1. The van der Waals surface area contributed by atoms with Crippen molar-refractivity contribution in [3.05, 3.63) is 35.4 Å². The standard InChI is InChI=1S/C26H37N3O4/c1-16(24(31)28-13-14-33-4)20-9-11-26(3)12-10-21(17(2)22(26)23(20)30)29-25(32)19-7-5-18(15-27)6-8-19/h5-8,16-17,20-23,30H,9-14H2,1-4H3,(H,28,31)(H,29,32)/t16-,17+,20+,21-,22+,23-,26-/m0/s1. The molecule has 3 N–H and O–H groups in total. The van der Waals surface area contributed by atoms with Gasteiger partial charge in [0.25, 0.3) is 5.91 Å². The Morgan fingerprint density at radius 2 is 1.94 bits per heavy atom. The number of nitriles is 1. The number of carbonyl (C=O) groups excluding carboxylic acids is 2. The molecule has 7 atom stereocenters. The summed E-state index contributed by atoms with van der Waals surface area (Å²) in [5.41, 5.74) is 1.04. The van der Waals surface area contributed by atoms with E-state index in [2.05, 4.69) is 30.6 Å². The van der Waals surface area contributed by atoms with Gasteiger partial charge in [-0.25, -0.2) is 0 Å². The largest absolute Gasteiger partial charge is 0.392 e. The van der Waals surface area contributed by atoms with Crippen LogP contribution < -0.4 is 10.6 Å². The lowest BCUT2D eigenvalue weighted by molar-refractivity contribution is -0.142. The topological polar surface area (TPSA) is 111 Å². The van der Waals surface area contributed by atoms with Crippen molar-refractivity contribution in [2.24, 2.45) is 29.1 Å². The monoisotopic (exact) mass is 455 g/mol. The van der Waals surface area contributed by atoms with Gasteiger partial charge in [-0.05, 0) is 73.1 Å². The summed E-state index contributed by atoms with van der Waals surface area (Å²) in [6.45, 7) is 7.18. The number of aliphatic hydroxyl groups excluding tert-OH is 1. The Morgan fingerprint density at radius 1 is 1.27 bits per heavy atom. The molecule has 0 bridgehead atoms. The smallest absolute Gasteiger partial charge is 0.251 e.